The van der Waals surface area contributed by atoms with Crippen molar-refractivity contribution in [2.45, 2.75) is 12.8 Å². The lowest BCUT2D eigenvalue weighted by molar-refractivity contribution is 0.727. The van der Waals surface area contributed by atoms with Crippen LogP contribution in [0.5, 0.6) is 0 Å². The summed E-state index contributed by atoms with van der Waals surface area (Å²) >= 11 is 0. The van der Waals surface area contributed by atoms with Gasteiger partial charge < -0.3 is 10.9 Å². The Balaban J connectivity index is 0.000000112. The Morgan fingerprint density at radius 2 is 2.00 bits per heavy atom. The second-order valence-corrected chi connectivity index (χ2v) is 3.02. The van der Waals surface area contributed by atoms with E-state index in [2.05, 4.69) is 31.6 Å². The third-order valence-corrected chi connectivity index (χ3v) is 1.71. The Hall–Kier alpha value is -1.43. The third kappa shape index (κ3) is 7.63. The van der Waals surface area contributed by atoms with Crippen molar-refractivity contribution in [1.29, 1.82) is 0 Å². The number of azo groups is 1. The highest BCUT2D eigenvalue weighted by atomic mass is 15.4. The van der Waals surface area contributed by atoms with E-state index < -0.39 is 0 Å². The Morgan fingerprint density at radius 3 is 2.20 bits per heavy atom. The molecular weight excluding hydrogens is 192 g/mol. The fourth-order valence-electron chi connectivity index (χ4n) is 0.971. The lowest BCUT2D eigenvalue weighted by atomic mass is 10.5. The van der Waals surface area contributed by atoms with Gasteiger partial charge in [-0.25, -0.2) is 5.43 Å². The standard InChI is InChI=1S/3C3H6N2/c3*1-2-4-5-3-1/h1-3H2;2,5H,1,3H2;1-2,4-5H,3H2. The van der Waals surface area contributed by atoms with E-state index in [4.69, 9.17) is 0 Å². The second kappa shape index (κ2) is 9.14. The number of hydrogen-bond donors (Lipinski definition) is 3. The summed E-state index contributed by atoms with van der Waals surface area (Å²) in [7, 11) is 0. The predicted molar refractivity (Wildman–Crippen MR) is 60.6 cm³/mol. The summed E-state index contributed by atoms with van der Waals surface area (Å²) in [6, 6.07) is 0. The summed E-state index contributed by atoms with van der Waals surface area (Å²) < 4.78 is 0. The summed E-state index contributed by atoms with van der Waals surface area (Å²) in [6.07, 6.45) is 8.03. The molecule has 0 saturated carbocycles. The maximum Gasteiger partial charge on any atom is 0.0617 e. The Labute approximate surface area is 89.9 Å². The zero-order valence-corrected chi connectivity index (χ0v) is 8.82. The van der Waals surface area contributed by atoms with Gasteiger partial charge in [-0.05, 0) is 6.42 Å². The molecule has 0 saturated heterocycles. The van der Waals surface area contributed by atoms with Gasteiger partial charge >= 0.3 is 0 Å². The van der Waals surface area contributed by atoms with E-state index in [0.717, 1.165) is 32.6 Å². The van der Waals surface area contributed by atoms with Crippen molar-refractivity contribution in [2.75, 3.05) is 26.2 Å². The molecule has 3 aliphatic heterocycles. The monoisotopic (exact) mass is 210 g/mol. The molecule has 84 valence electrons. The molecular formula is C9H18N6. The van der Waals surface area contributed by atoms with Gasteiger partial charge in [0.25, 0.3) is 0 Å². The van der Waals surface area contributed by atoms with Crippen molar-refractivity contribution in [1.82, 2.24) is 16.3 Å². The highest BCUT2D eigenvalue weighted by molar-refractivity contribution is 5.58. The van der Waals surface area contributed by atoms with Crippen LogP contribution in [0.25, 0.3) is 0 Å². The zero-order chi connectivity index (χ0) is 10.6. The van der Waals surface area contributed by atoms with Gasteiger partial charge in [0.1, 0.15) is 0 Å². The summed E-state index contributed by atoms with van der Waals surface area (Å²) in [5.74, 6) is 0. The number of nitrogens with one attached hydrogen (secondary N) is 3. The molecule has 0 aliphatic carbocycles. The minimum atomic E-state index is 0.958. The predicted octanol–water partition coefficient (Wildman–Crippen LogP) is 0.416. The zero-order valence-electron chi connectivity index (χ0n) is 8.82. The van der Waals surface area contributed by atoms with Crippen LogP contribution in [0, 0.1) is 0 Å². The topological polar surface area (TPSA) is 73.2 Å². The van der Waals surface area contributed by atoms with Gasteiger partial charge in [0.15, 0.2) is 0 Å². The first kappa shape index (κ1) is 11.6. The molecule has 0 bridgehead atoms. The van der Waals surface area contributed by atoms with Gasteiger partial charge in [0.2, 0.25) is 0 Å². The van der Waals surface area contributed by atoms with Gasteiger partial charge in [-0.2, -0.15) is 15.3 Å². The van der Waals surface area contributed by atoms with E-state index in [1.54, 1.807) is 0 Å². The lowest BCUT2D eigenvalue weighted by Crippen LogP contribution is -2.19. The van der Waals surface area contributed by atoms with Crippen molar-refractivity contribution >= 4 is 6.21 Å². The molecule has 0 aromatic heterocycles. The van der Waals surface area contributed by atoms with Crippen molar-refractivity contribution < 1.29 is 0 Å². The largest absolute Gasteiger partial charge is 0.329 e. The molecule has 0 unspecified atom stereocenters. The molecule has 3 aliphatic rings. The van der Waals surface area contributed by atoms with Crippen LogP contribution in [-0.4, -0.2) is 32.4 Å². The molecule has 0 fully saturated rings. The summed E-state index contributed by atoms with van der Waals surface area (Å²) in [6.45, 7) is 3.90. The SMILES string of the molecule is C1=CNNC1.C1=NNCC1.C1CN=NC1. The molecule has 0 spiro atoms. The summed E-state index contributed by atoms with van der Waals surface area (Å²) in [4.78, 5) is 0. The Bertz CT molecular complexity index is 167. The van der Waals surface area contributed by atoms with Crippen LogP contribution >= 0.6 is 0 Å². The quantitative estimate of drug-likeness (QED) is 0.542. The molecule has 0 atom stereocenters. The van der Waals surface area contributed by atoms with Crippen molar-refractivity contribution in [3.8, 4) is 0 Å². The number of hydrazone groups is 1. The molecule has 0 amide bonds. The van der Waals surface area contributed by atoms with Crippen LogP contribution in [-0.2, 0) is 0 Å². The maximum absolute atomic E-state index is 3.71. The Kier molecular flexibility index (Phi) is 7.09. The lowest BCUT2D eigenvalue weighted by Gasteiger charge is -1.83. The van der Waals surface area contributed by atoms with E-state index in [0.29, 0.717) is 0 Å². The van der Waals surface area contributed by atoms with Gasteiger partial charge in [0, 0.05) is 31.9 Å². The summed E-state index contributed by atoms with van der Waals surface area (Å²) in [5.41, 5.74) is 8.44. The van der Waals surface area contributed by atoms with E-state index >= 15 is 0 Å². The minimum Gasteiger partial charge on any atom is -0.329 e. The first-order valence-electron chi connectivity index (χ1n) is 5.21. The van der Waals surface area contributed by atoms with Gasteiger partial charge in [-0.1, -0.05) is 6.08 Å². The van der Waals surface area contributed by atoms with Gasteiger partial charge in [-0.3, -0.25) is 0 Å². The third-order valence-electron chi connectivity index (χ3n) is 1.71. The molecule has 3 N–H and O–H groups in total. The van der Waals surface area contributed by atoms with Crippen molar-refractivity contribution in [3.05, 3.63) is 12.3 Å². The average Bonchev–Trinajstić information content (AvgIpc) is 3.09. The van der Waals surface area contributed by atoms with Crippen molar-refractivity contribution in [2.24, 2.45) is 15.3 Å². The van der Waals surface area contributed by atoms with Crippen LogP contribution in [0.3, 0.4) is 0 Å². The highest BCUT2D eigenvalue weighted by Gasteiger charge is 1.87. The molecule has 3 heterocycles. The number of rotatable bonds is 0. The normalized spacial score (nSPS) is 19.7. The number of hydrogen-bond acceptors (Lipinski definition) is 6. The molecule has 3 rings (SSSR count). The molecule has 0 aromatic rings. The molecule has 6 heteroatoms. The second-order valence-electron chi connectivity index (χ2n) is 3.02. The van der Waals surface area contributed by atoms with Crippen molar-refractivity contribution in [3.63, 3.8) is 0 Å². The van der Waals surface area contributed by atoms with Crippen LogP contribution in [0.15, 0.2) is 27.6 Å². The van der Waals surface area contributed by atoms with Crippen LogP contribution in [0.1, 0.15) is 12.8 Å². The number of nitrogens with zero attached hydrogens (tertiary/aromatic N) is 3. The number of hydrazine groups is 1. The van der Waals surface area contributed by atoms with Crippen LogP contribution < -0.4 is 16.3 Å². The van der Waals surface area contributed by atoms with E-state index in [1.165, 1.54) is 6.42 Å². The van der Waals surface area contributed by atoms with Crippen LogP contribution in [0.4, 0.5) is 0 Å². The molecule has 15 heavy (non-hydrogen) atoms. The highest BCUT2D eigenvalue weighted by Crippen LogP contribution is 1.91. The first-order chi connectivity index (χ1) is 7.50. The molecule has 6 nitrogen and oxygen atoms in total. The smallest absolute Gasteiger partial charge is 0.0617 e. The van der Waals surface area contributed by atoms with Gasteiger partial charge in [-0.15, -0.1) is 0 Å². The van der Waals surface area contributed by atoms with Gasteiger partial charge in [0.05, 0.1) is 13.1 Å². The molecule has 0 aromatic carbocycles. The fraction of sp³-hybridized carbons (Fsp3) is 0.667. The summed E-state index contributed by atoms with van der Waals surface area (Å²) in [5, 5.41) is 11.1. The maximum atomic E-state index is 3.71. The first-order valence-corrected chi connectivity index (χ1v) is 5.21. The van der Waals surface area contributed by atoms with E-state index in [1.807, 2.05) is 18.5 Å². The van der Waals surface area contributed by atoms with Crippen LogP contribution in [0.2, 0.25) is 0 Å². The fourth-order valence-corrected chi connectivity index (χ4v) is 0.971. The van der Waals surface area contributed by atoms with E-state index in [9.17, 15) is 0 Å². The minimum absolute atomic E-state index is 0.958. The molecule has 0 radical (unpaired) electrons. The average molecular weight is 210 g/mol. The van der Waals surface area contributed by atoms with E-state index in [-0.39, 0.29) is 0 Å². The Morgan fingerprint density at radius 1 is 1.13 bits per heavy atom.